The molecule has 7 heteroatoms. The second-order valence-electron chi connectivity index (χ2n) is 7.02. The van der Waals surface area contributed by atoms with Crippen molar-refractivity contribution in [1.82, 2.24) is 10.2 Å². The molecule has 1 aromatic rings. The predicted molar refractivity (Wildman–Crippen MR) is 85.9 cm³/mol. The van der Waals surface area contributed by atoms with Crippen LogP contribution in [0.25, 0.3) is 0 Å². The summed E-state index contributed by atoms with van der Waals surface area (Å²) in [7, 11) is 0. The van der Waals surface area contributed by atoms with Crippen LogP contribution in [0.3, 0.4) is 0 Å². The smallest absolute Gasteiger partial charge is 0.223 e. The Labute approximate surface area is 137 Å². The van der Waals surface area contributed by atoms with E-state index in [1.54, 1.807) is 0 Å². The van der Waals surface area contributed by atoms with Crippen LogP contribution in [0.15, 0.2) is 4.34 Å². The molecule has 5 nitrogen and oxygen atoms in total. The quantitative estimate of drug-likeness (QED) is 0.660. The van der Waals surface area contributed by atoms with Gasteiger partial charge >= 0.3 is 0 Å². The Morgan fingerprint density at radius 2 is 2.00 bits per heavy atom. The number of carbonyl (C=O) groups excluding carboxylic acids is 2. The zero-order valence-corrected chi connectivity index (χ0v) is 14.1. The molecule has 22 heavy (non-hydrogen) atoms. The molecule has 0 aromatic carbocycles. The highest BCUT2D eigenvalue weighted by Gasteiger charge is 2.58. The lowest BCUT2D eigenvalue weighted by atomic mass is 9.67. The lowest BCUT2D eigenvalue weighted by molar-refractivity contribution is -0.128. The van der Waals surface area contributed by atoms with Crippen LogP contribution in [-0.2, 0) is 9.59 Å². The number of hydrogen-bond donors (Lipinski definition) is 1. The zero-order chi connectivity index (χ0) is 15.3. The highest BCUT2D eigenvalue weighted by molar-refractivity contribution is 8.01. The molecule has 118 valence electrons. The van der Waals surface area contributed by atoms with Gasteiger partial charge in [0.15, 0.2) is 4.34 Å². The fraction of sp³-hybridized carbons (Fsp3) is 0.733. The zero-order valence-electron chi connectivity index (χ0n) is 12.5. The molecular weight excluding hydrogens is 318 g/mol. The fourth-order valence-electron chi connectivity index (χ4n) is 4.90. The van der Waals surface area contributed by atoms with Gasteiger partial charge in [0.25, 0.3) is 0 Å². The maximum Gasteiger partial charge on any atom is 0.223 e. The number of carbonyl (C=O) groups is 2. The molecule has 4 aliphatic carbocycles. The predicted octanol–water partition coefficient (Wildman–Crippen LogP) is 2.98. The SMILES string of the molecule is CC(=O)Nc1nnc(SCC(=O)C23CC4CC(C2)C(C4)C3)s1. The molecule has 5 rings (SSSR count). The molecular formula is C15H19N3O2S2. The van der Waals surface area contributed by atoms with Crippen molar-refractivity contribution in [2.24, 2.45) is 23.2 Å². The standard InChI is InChI=1S/C15H19N3O2S2/c1-8(19)16-13-17-18-14(22-13)21-7-12(20)15-4-9-2-10(5-15)11(3-9)6-15/h9-11H,2-7H2,1H3,(H,16,17,19). The van der Waals surface area contributed by atoms with Gasteiger partial charge in [-0.2, -0.15) is 0 Å². The van der Waals surface area contributed by atoms with E-state index in [1.807, 2.05) is 0 Å². The minimum atomic E-state index is -0.152. The van der Waals surface area contributed by atoms with Crippen molar-refractivity contribution >= 4 is 39.9 Å². The summed E-state index contributed by atoms with van der Waals surface area (Å²) in [6.07, 6.45) is 6.10. The minimum Gasteiger partial charge on any atom is -0.301 e. The first-order valence-corrected chi connectivity index (χ1v) is 9.61. The van der Waals surface area contributed by atoms with E-state index >= 15 is 0 Å². The van der Waals surface area contributed by atoms with Crippen LogP contribution < -0.4 is 5.32 Å². The van der Waals surface area contributed by atoms with Crippen LogP contribution in [0.2, 0.25) is 0 Å². The second-order valence-corrected chi connectivity index (χ2v) is 9.22. The average Bonchev–Trinajstić information content (AvgIpc) is 3.07. The van der Waals surface area contributed by atoms with Gasteiger partial charge in [-0.15, -0.1) is 10.2 Å². The van der Waals surface area contributed by atoms with E-state index in [4.69, 9.17) is 0 Å². The van der Waals surface area contributed by atoms with Crippen LogP contribution in [-0.4, -0.2) is 27.6 Å². The first kappa shape index (κ1) is 14.6. The molecule has 1 heterocycles. The molecule has 4 fully saturated rings. The van der Waals surface area contributed by atoms with Crippen LogP contribution in [0, 0.1) is 23.2 Å². The van der Waals surface area contributed by atoms with E-state index in [1.165, 1.54) is 42.9 Å². The Kier molecular flexibility index (Phi) is 3.52. The van der Waals surface area contributed by atoms with Gasteiger partial charge in [-0.1, -0.05) is 23.1 Å². The van der Waals surface area contributed by atoms with E-state index in [2.05, 4.69) is 15.5 Å². The van der Waals surface area contributed by atoms with Gasteiger partial charge in [0.2, 0.25) is 11.0 Å². The number of Topliss-reactive ketones (excluding diaryl/α,β-unsaturated/α-hetero) is 1. The van der Waals surface area contributed by atoms with Crippen LogP contribution in [0.1, 0.15) is 39.0 Å². The van der Waals surface area contributed by atoms with Crippen molar-refractivity contribution in [1.29, 1.82) is 0 Å². The van der Waals surface area contributed by atoms with Crippen LogP contribution >= 0.6 is 23.1 Å². The summed E-state index contributed by atoms with van der Waals surface area (Å²) in [5, 5.41) is 11.1. The van der Waals surface area contributed by atoms with Gasteiger partial charge < -0.3 is 5.32 Å². The molecule has 0 spiro atoms. The van der Waals surface area contributed by atoms with E-state index in [0.717, 1.165) is 41.4 Å². The number of anilines is 1. The Bertz CT molecular complexity index is 611. The van der Waals surface area contributed by atoms with E-state index < -0.39 is 0 Å². The summed E-state index contributed by atoms with van der Waals surface area (Å²) >= 11 is 2.80. The first-order chi connectivity index (χ1) is 10.5. The number of nitrogens with zero attached hydrogens (tertiary/aromatic N) is 2. The van der Waals surface area contributed by atoms with Crippen molar-refractivity contribution in [3.05, 3.63) is 0 Å². The van der Waals surface area contributed by atoms with Crippen molar-refractivity contribution in [3.63, 3.8) is 0 Å². The number of rotatable bonds is 5. The largest absolute Gasteiger partial charge is 0.301 e. The number of aromatic nitrogens is 2. The molecule has 0 saturated heterocycles. The molecule has 1 amide bonds. The van der Waals surface area contributed by atoms with E-state index in [9.17, 15) is 9.59 Å². The number of nitrogens with one attached hydrogen (secondary N) is 1. The van der Waals surface area contributed by atoms with Gasteiger partial charge in [0, 0.05) is 12.3 Å². The fourth-order valence-corrected chi connectivity index (χ4v) is 6.73. The first-order valence-electron chi connectivity index (χ1n) is 7.81. The van der Waals surface area contributed by atoms with Crippen LogP contribution in [0.5, 0.6) is 0 Å². The van der Waals surface area contributed by atoms with E-state index in [0.29, 0.717) is 16.7 Å². The Hall–Kier alpha value is -0.950. The Balaban J connectivity index is 1.37. The summed E-state index contributed by atoms with van der Waals surface area (Å²) in [5.74, 6) is 3.19. The minimum absolute atomic E-state index is 0.0192. The summed E-state index contributed by atoms with van der Waals surface area (Å²) in [6.45, 7) is 1.45. The molecule has 4 saturated carbocycles. The molecule has 4 bridgehead atoms. The van der Waals surface area contributed by atoms with E-state index in [-0.39, 0.29) is 11.3 Å². The van der Waals surface area contributed by atoms with Crippen molar-refractivity contribution < 1.29 is 9.59 Å². The number of amides is 1. The molecule has 2 unspecified atom stereocenters. The summed E-state index contributed by atoms with van der Waals surface area (Å²) in [5.41, 5.74) is -0.0192. The maximum absolute atomic E-state index is 12.8. The molecule has 1 aromatic heterocycles. The summed E-state index contributed by atoms with van der Waals surface area (Å²) < 4.78 is 0.754. The third-order valence-electron chi connectivity index (χ3n) is 5.53. The average molecular weight is 337 g/mol. The summed E-state index contributed by atoms with van der Waals surface area (Å²) in [6, 6.07) is 0. The third kappa shape index (κ3) is 2.48. The topological polar surface area (TPSA) is 72.0 Å². The lowest BCUT2D eigenvalue weighted by Crippen LogP contribution is -2.36. The summed E-state index contributed by atoms with van der Waals surface area (Å²) in [4.78, 5) is 23.8. The highest BCUT2D eigenvalue weighted by Crippen LogP contribution is 2.64. The molecule has 2 atom stereocenters. The number of ketones is 1. The van der Waals surface area contributed by atoms with Crippen molar-refractivity contribution in [2.45, 2.75) is 43.4 Å². The normalized spacial score (nSPS) is 35.0. The van der Waals surface area contributed by atoms with Gasteiger partial charge in [-0.25, -0.2) is 0 Å². The number of hydrogen-bond acceptors (Lipinski definition) is 6. The van der Waals surface area contributed by atoms with Gasteiger partial charge in [-0.05, 0) is 49.9 Å². The molecule has 0 radical (unpaired) electrons. The second kappa shape index (κ2) is 5.30. The molecule has 1 N–H and O–H groups in total. The lowest BCUT2D eigenvalue weighted by Gasteiger charge is -2.36. The number of thioether (sulfide) groups is 1. The third-order valence-corrected chi connectivity index (χ3v) is 7.50. The van der Waals surface area contributed by atoms with Gasteiger partial charge in [0.05, 0.1) is 5.75 Å². The molecule has 4 aliphatic rings. The van der Waals surface area contributed by atoms with Gasteiger partial charge in [0.1, 0.15) is 5.78 Å². The van der Waals surface area contributed by atoms with Crippen LogP contribution in [0.4, 0.5) is 5.13 Å². The monoisotopic (exact) mass is 337 g/mol. The van der Waals surface area contributed by atoms with Crippen molar-refractivity contribution in [3.8, 4) is 0 Å². The van der Waals surface area contributed by atoms with Gasteiger partial charge in [-0.3, -0.25) is 9.59 Å². The Morgan fingerprint density at radius 1 is 1.27 bits per heavy atom. The molecule has 0 aliphatic heterocycles. The highest BCUT2D eigenvalue weighted by atomic mass is 32.2. The maximum atomic E-state index is 12.8. The van der Waals surface area contributed by atoms with Crippen molar-refractivity contribution in [2.75, 3.05) is 11.1 Å². The Morgan fingerprint density at radius 3 is 2.64 bits per heavy atom.